The first kappa shape index (κ1) is 31.2. The number of halogens is 3. The molecule has 0 bridgehead atoms. The maximum atomic E-state index is 14.0. The van der Waals surface area contributed by atoms with Crippen LogP contribution in [0.4, 0.5) is 14.5 Å². The van der Waals surface area contributed by atoms with Gasteiger partial charge in [0.05, 0.1) is 11.9 Å². The van der Waals surface area contributed by atoms with Gasteiger partial charge >= 0.3 is 0 Å². The second-order valence-corrected chi connectivity index (χ2v) is 13.3. The van der Waals surface area contributed by atoms with Gasteiger partial charge in [-0.3, -0.25) is 13.9 Å². The fourth-order valence-electron chi connectivity index (χ4n) is 4.09. The Morgan fingerprint density at radius 3 is 2.15 bits per heavy atom. The zero-order valence-corrected chi connectivity index (χ0v) is 25.1. The third-order valence-corrected chi connectivity index (χ3v) is 7.52. The SMILES string of the molecule is CC(C)(C)NC(=O)[C@@H](Cc1ccccc1)N(Cc1cccc(Br)c1)C(=O)CN(c1ccc(F)c(F)c1)S(C)(=O)=O. The second kappa shape index (κ2) is 12.9. The molecule has 0 heterocycles. The van der Waals surface area contributed by atoms with Gasteiger partial charge in [-0.05, 0) is 56.2 Å². The van der Waals surface area contributed by atoms with Crippen molar-refractivity contribution < 1.29 is 26.8 Å². The minimum atomic E-state index is -4.10. The van der Waals surface area contributed by atoms with Crippen molar-refractivity contribution in [1.29, 1.82) is 0 Å². The molecule has 1 N–H and O–H groups in total. The molecule has 0 aliphatic carbocycles. The van der Waals surface area contributed by atoms with E-state index in [9.17, 15) is 26.8 Å². The lowest BCUT2D eigenvalue weighted by Gasteiger charge is -2.35. The first-order chi connectivity index (χ1) is 18.6. The van der Waals surface area contributed by atoms with E-state index in [4.69, 9.17) is 0 Å². The van der Waals surface area contributed by atoms with Crippen molar-refractivity contribution in [3.05, 3.63) is 100 Å². The lowest BCUT2D eigenvalue weighted by atomic mass is 10.0. The van der Waals surface area contributed by atoms with Gasteiger partial charge in [-0.25, -0.2) is 17.2 Å². The summed E-state index contributed by atoms with van der Waals surface area (Å²) in [5.41, 5.74) is 0.671. The number of nitrogens with zero attached hydrogens (tertiary/aromatic N) is 2. The lowest BCUT2D eigenvalue weighted by molar-refractivity contribution is -0.140. The van der Waals surface area contributed by atoms with Crippen molar-refractivity contribution in [1.82, 2.24) is 10.2 Å². The summed E-state index contributed by atoms with van der Waals surface area (Å²) in [6.07, 6.45) is 1.03. The summed E-state index contributed by atoms with van der Waals surface area (Å²) in [6, 6.07) is 17.9. The van der Waals surface area contributed by atoms with E-state index in [-0.39, 0.29) is 18.7 Å². The Labute approximate surface area is 242 Å². The molecule has 0 aromatic heterocycles. The fraction of sp³-hybridized carbons (Fsp3) is 0.310. The normalized spacial score (nSPS) is 12.5. The highest BCUT2D eigenvalue weighted by Crippen LogP contribution is 2.23. The molecule has 3 aromatic carbocycles. The van der Waals surface area contributed by atoms with E-state index in [2.05, 4.69) is 21.2 Å². The number of rotatable bonds is 10. The summed E-state index contributed by atoms with van der Waals surface area (Å²) < 4.78 is 54.5. The molecule has 11 heteroatoms. The van der Waals surface area contributed by atoms with E-state index < -0.39 is 51.6 Å². The molecule has 0 fully saturated rings. The Bertz CT molecular complexity index is 1460. The van der Waals surface area contributed by atoms with Gasteiger partial charge in [0.25, 0.3) is 0 Å². The Balaban J connectivity index is 2.09. The summed E-state index contributed by atoms with van der Waals surface area (Å²) >= 11 is 3.42. The molecule has 40 heavy (non-hydrogen) atoms. The second-order valence-electron chi connectivity index (χ2n) is 10.5. The number of nitrogens with one attached hydrogen (secondary N) is 1. The standard InChI is InChI=1S/C29H32BrF2N3O4S/c1-29(2,3)33-28(37)26(16-20-9-6-5-7-10-20)34(18-21-11-8-12-22(30)15-21)27(36)19-35(40(4,38)39)23-13-14-24(31)25(32)17-23/h5-15,17,26H,16,18-19H2,1-4H3,(H,33,37)/t26-/m1/s1. The van der Waals surface area contributed by atoms with Gasteiger partial charge in [0.15, 0.2) is 11.6 Å². The fourth-order valence-corrected chi connectivity index (χ4v) is 5.38. The Kier molecular flexibility index (Phi) is 10.1. The molecular formula is C29H32BrF2N3O4S. The van der Waals surface area contributed by atoms with Crippen molar-refractivity contribution in [2.45, 2.75) is 45.3 Å². The van der Waals surface area contributed by atoms with E-state index in [1.807, 2.05) is 57.2 Å². The zero-order valence-electron chi connectivity index (χ0n) is 22.7. The van der Waals surface area contributed by atoms with Crippen LogP contribution in [0.3, 0.4) is 0 Å². The van der Waals surface area contributed by atoms with Crippen LogP contribution in [0, 0.1) is 11.6 Å². The minimum Gasteiger partial charge on any atom is -0.350 e. The highest BCUT2D eigenvalue weighted by molar-refractivity contribution is 9.10. The molecule has 0 spiro atoms. The number of hydrogen-bond acceptors (Lipinski definition) is 4. The monoisotopic (exact) mass is 635 g/mol. The molecular weight excluding hydrogens is 604 g/mol. The average Bonchev–Trinajstić information content (AvgIpc) is 2.85. The molecule has 214 valence electrons. The maximum absolute atomic E-state index is 14.0. The molecule has 0 aliphatic rings. The van der Waals surface area contributed by atoms with Crippen LogP contribution in [0.1, 0.15) is 31.9 Å². The first-order valence-electron chi connectivity index (χ1n) is 12.5. The van der Waals surface area contributed by atoms with E-state index in [1.54, 1.807) is 18.2 Å². The van der Waals surface area contributed by atoms with Crippen LogP contribution in [0.5, 0.6) is 0 Å². The molecule has 7 nitrogen and oxygen atoms in total. The van der Waals surface area contributed by atoms with Crippen molar-refractivity contribution in [3.8, 4) is 0 Å². The third-order valence-electron chi connectivity index (χ3n) is 5.88. The Morgan fingerprint density at radius 2 is 1.57 bits per heavy atom. The molecule has 0 saturated carbocycles. The van der Waals surface area contributed by atoms with E-state index in [0.717, 1.165) is 34.5 Å². The molecule has 1 atom stereocenters. The molecule has 3 aromatic rings. The topological polar surface area (TPSA) is 86.8 Å². The van der Waals surface area contributed by atoms with Crippen LogP contribution in [0.15, 0.2) is 77.3 Å². The average molecular weight is 637 g/mol. The number of sulfonamides is 1. The predicted molar refractivity (Wildman–Crippen MR) is 155 cm³/mol. The number of carbonyl (C=O) groups is 2. The first-order valence-corrected chi connectivity index (χ1v) is 15.1. The molecule has 0 radical (unpaired) electrons. The van der Waals surface area contributed by atoms with Crippen LogP contribution in [0.25, 0.3) is 0 Å². The summed E-state index contributed by atoms with van der Waals surface area (Å²) in [5.74, 6) is -3.52. The maximum Gasteiger partial charge on any atom is 0.244 e. The van der Waals surface area contributed by atoms with Crippen LogP contribution in [0.2, 0.25) is 0 Å². The molecule has 0 saturated heterocycles. The number of carbonyl (C=O) groups excluding carboxylic acids is 2. The van der Waals surface area contributed by atoms with Gasteiger partial charge in [0.1, 0.15) is 12.6 Å². The van der Waals surface area contributed by atoms with E-state index in [0.29, 0.717) is 9.87 Å². The van der Waals surface area contributed by atoms with Gasteiger partial charge in [-0.1, -0.05) is 58.4 Å². The van der Waals surface area contributed by atoms with Crippen LogP contribution in [-0.2, 0) is 32.6 Å². The van der Waals surface area contributed by atoms with Crippen LogP contribution >= 0.6 is 15.9 Å². The number of benzene rings is 3. The zero-order chi connectivity index (χ0) is 29.7. The van der Waals surface area contributed by atoms with Crippen molar-refractivity contribution in [3.63, 3.8) is 0 Å². The number of amides is 2. The van der Waals surface area contributed by atoms with Crippen LogP contribution in [-0.4, -0.2) is 49.5 Å². The van der Waals surface area contributed by atoms with Gasteiger partial charge in [0.2, 0.25) is 21.8 Å². The van der Waals surface area contributed by atoms with Crippen LogP contribution < -0.4 is 9.62 Å². The highest BCUT2D eigenvalue weighted by atomic mass is 79.9. The van der Waals surface area contributed by atoms with Crippen molar-refractivity contribution in [2.24, 2.45) is 0 Å². The Morgan fingerprint density at radius 1 is 0.925 bits per heavy atom. The number of anilines is 1. The van der Waals surface area contributed by atoms with Crippen molar-refractivity contribution in [2.75, 3.05) is 17.1 Å². The van der Waals surface area contributed by atoms with Gasteiger partial charge < -0.3 is 10.2 Å². The minimum absolute atomic E-state index is 0.0112. The molecule has 2 amide bonds. The van der Waals surface area contributed by atoms with Gasteiger partial charge in [0, 0.05) is 29.0 Å². The highest BCUT2D eigenvalue weighted by Gasteiger charge is 2.34. The van der Waals surface area contributed by atoms with Crippen molar-refractivity contribution >= 4 is 43.5 Å². The van der Waals surface area contributed by atoms with E-state index >= 15 is 0 Å². The smallest absolute Gasteiger partial charge is 0.244 e. The summed E-state index contributed by atoms with van der Waals surface area (Å²) in [4.78, 5) is 29.0. The molecule has 0 aliphatic heterocycles. The lowest BCUT2D eigenvalue weighted by Crippen LogP contribution is -2.56. The molecule has 3 rings (SSSR count). The quantitative estimate of drug-likeness (QED) is 0.338. The predicted octanol–water partition coefficient (Wildman–Crippen LogP) is 5.05. The third kappa shape index (κ3) is 8.85. The summed E-state index contributed by atoms with van der Waals surface area (Å²) in [7, 11) is -4.10. The summed E-state index contributed by atoms with van der Waals surface area (Å²) in [5, 5.41) is 2.94. The Hall–Kier alpha value is -3.31. The van der Waals surface area contributed by atoms with E-state index in [1.165, 1.54) is 4.90 Å². The van der Waals surface area contributed by atoms with Gasteiger partial charge in [-0.2, -0.15) is 0 Å². The van der Waals surface area contributed by atoms with Gasteiger partial charge in [-0.15, -0.1) is 0 Å². The molecule has 0 unspecified atom stereocenters. The summed E-state index contributed by atoms with van der Waals surface area (Å²) in [6.45, 7) is 4.72. The largest absolute Gasteiger partial charge is 0.350 e. The number of hydrogen-bond donors (Lipinski definition) is 1.